The highest BCUT2D eigenvalue weighted by atomic mass is 19.4. The first-order valence-corrected chi connectivity index (χ1v) is 3.97. The summed E-state index contributed by atoms with van der Waals surface area (Å²) in [4.78, 5) is 0. The molecule has 0 saturated carbocycles. The predicted molar refractivity (Wildman–Crippen MR) is 38.8 cm³/mol. The van der Waals surface area contributed by atoms with Crippen LogP contribution in [0.3, 0.4) is 0 Å². The van der Waals surface area contributed by atoms with E-state index >= 15 is 0 Å². The van der Waals surface area contributed by atoms with Crippen molar-refractivity contribution in [2.24, 2.45) is 0 Å². The van der Waals surface area contributed by atoms with Crippen LogP contribution in [-0.4, -0.2) is 25.7 Å². The normalized spacial score (nSPS) is 12.5. The van der Waals surface area contributed by atoms with Crippen LogP contribution in [0.4, 0.5) is 22.0 Å². The fourth-order valence-corrected chi connectivity index (χ4v) is 0.787. The molecule has 0 atom stereocenters. The summed E-state index contributed by atoms with van der Waals surface area (Å²) in [5.74, 6) is 0. The van der Waals surface area contributed by atoms with E-state index < -0.39 is 25.6 Å². The highest BCUT2D eigenvalue weighted by Gasteiger charge is 2.25. The zero-order chi connectivity index (χ0) is 10.3. The van der Waals surface area contributed by atoms with Crippen LogP contribution in [0.5, 0.6) is 0 Å². The lowest BCUT2D eigenvalue weighted by Gasteiger charge is -2.06. The minimum Gasteiger partial charge on any atom is -0.311 e. The third-order valence-corrected chi connectivity index (χ3v) is 1.36. The maximum Gasteiger partial charge on any atom is 0.389 e. The van der Waals surface area contributed by atoms with E-state index in [2.05, 4.69) is 5.32 Å². The largest absolute Gasteiger partial charge is 0.389 e. The molecule has 0 aromatic carbocycles. The summed E-state index contributed by atoms with van der Waals surface area (Å²) in [5, 5.41) is 2.35. The van der Waals surface area contributed by atoms with Crippen LogP contribution in [0.2, 0.25) is 0 Å². The first kappa shape index (κ1) is 12.6. The van der Waals surface area contributed by atoms with Crippen molar-refractivity contribution in [3.8, 4) is 0 Å². The topological polar surface area (TPSA) is 12.0 Å². The molecule has 1 nitrogen and oxygen atoms in total. The first-order valence-electron chi connectivity index (χ1n) is 3.97. The van der Waals surface area contributed by atoms with Crippen molar-refractivity contribution < 1.29 is 22.0 Å². The van der Waals surface area contributed by atoms with E-state index in [4.69, 9.17) is 0 Å². The minimum absolute atomic E-state index is 0.0141. The maximum atomic E-state index is 11.6. The Hall–Kier alpha value is -0.390. The second kappa shape index (κ2) is 6.12. The fourth-order valence-electron chi connectivity index (χ4n) is 0.787. The average molecular weight is 205 g/mol. The monoisotopic (exact) mass is 205 g/mol. The molecule has 13 heavy (non-hydrogen) atoms. The molecule has 0 aromatic heterocycles. The van der Waals surface area contributed by atoms with E-state index in [-0.39, 0.29) is 19.4 Å². The Morgan fingerprint density at radius 3 is 2.15 bits per heavy atom. The van der Waals surface area contributed by atoms with Crippen LogP contribution in [0.25, 0.3) is 0 Å². The number of unbranched alkanes of at least 4 members (excludes halogenated alkanes) is 1. The van der Waals surface area contributed by atoms with Gasteiger partial charge in [-0.05, 0) is 19.4 Å². The number of halogens is 5. The quantitative estimate of drug-likeness (QED) is 0.519. The van der Waals surface area contributed by atoms with E-state index in [1.165, 1.54) is 0 Å². The van der Waals surface area contributed by atoms with Crippen molar-refractivity contribution in [2.75, 3.05) is 13.1 Å². The summed E-state index contributed by atoms with van der Waals surface area (Å²) in [7, 11) is 0. The van der Waals surface area contributed by atoms with Crippen molar-refractivity contribution in [3.05, 3.63) is 0 Å². The molecule has 0 fully saturated rings. The van der Waals surface area contributed by atoms with Gasteiger partial charge in [0.05, 0.1) is 6.54 Å². The lowest BCUT2D eigenvalue weighted by Crippen LogP contribution is -2.22. The van der Waals surface area contributed by atoms with Gasteiger partial charge in [0.15, 0.2) is 0 Å². The summed E-state index contributed by atoms with van der Waals surface area (Å²) in [5.41, 5.74) is 0. The minimum atomic E-state index is -4.14. The Morgan fingerprint density at radius 1 is 1.08 bits per heavy atom. The van der Waals surface area contributed by atoms with Gasteiger partial charge in [0, 0.05) is 6.42 Å². The molecule has 0 unspecified atom stereocenters. The summed E-state index contributed by atoms with van der Waals surface area (Å²) < 4.78 is 57.6. The molecule has 0 aliphatic carbocycles. The number of nitrogens with one attached hydrogen (secondary N) is 1. The smallest absolute Gasteiger partial charge is 0.311 e. The molecule has 0 spiro atoms. The van der Waals surface area contributed by atoms with Gasteiger partial charge in [0.25, 0.3) is 6.43 Å². The van der Waals surface area contributed by atoms with Crippen LogP contribution in [0.1, 0.15) is 19.3 Å². The van der Waals surface area contributed by atoms with Gasteiger partial charge >= 0.3 is 6.18 Å². The first-order chi connectivity index (χ1) is 5.92. The summed E-state index contributed by atoms with van der Waals surface area (Å²) >= 11 is 0. The molecule has 0 radical (unpaired) electrons. The fraction of sp³-hybridized carbons (Fsp3) is 1.00. The Balaban J connectivity index is 3.09. The van der Waals surface area contributed by atoms with Gasteiger partial charge in [-0.2, -0.15) is 13.2 Å². The number of hydrogen-bond acceptors (Lipinski definition) is 1. The number of rotatable bonds is 6. The van der Waals surface area contributed by atoms with Crippen LogP contribution in [0.15, 0.2) is 0 Å². The van der Waals surface area contributed by atoms with Crippen LogP contribution >= 0.6 is 0 Å². The molecule has 0 bridgehead atoms. The van der Waals surface area contributed by atoms with Gasteiger partial charge in [-0.3, -0.25) is 0 Å². The molecule has 0 aliphatic rings. The highest BCUT2D eigenvalue weighted by molar-refractivity contribution is 4.54. The Morgan fingerprint density at radius 2 is 1.69 bits per heavy atom. The third kappa shape index (κ3) is 11.6. The van der Waals surface area contributed by atoms with Crippen molar-refractivity contribution in [2.45, 2.75) is 31.9 Å². The van der Waals surface area contributed by atoms with Gasteiger partial charge in [0.1, 0.15) is 0 Å². The van der Waals surface area contributed by atoms with Crippen molar-refractivity contribution >= 4 is 0 Å². The number of hydrogen-bond donors (Lipinski definition) is 1. The lowest BCUT2D eigenvalue weighted by atomic mass is 10.2. The summed E-state index contributed by atoms with van der Waals surface area (Å²) in [6.45, 7) is -0.244. The molecular formula is C7H12F5N. The Labute approximate surface area is 73.3 Å². The maximum absolute atomic E-state index is 11.6. The van der Waals surface area contributed by atoms with Gasteiger partial charge < -0.3 is 5.32 Å². The van der Waals surface area contributed by atoms with Gasteiger partial charge in [-0.25, -0.2) is 8.78 Å². The third-order valence-electron chi connectivity index (χ3n) is 1.36. The zero-order valence-electron chi connectivity index (χ0n) is 7.00. The predicted octanol–water partition coefficient (Wildman–Crippen LogP) is 2.57. The molecule has 1 N–H and O–H groups in total. The van der Waals surface area contributed by atoms with Crippen molar-refractivity contribution in [1.29, 1.82) is 0 Å². The number of alkyl halides is 5. The van der Waals surface area contributed by atoms with E-state index in [1.807, 2.05) is 0 Å². The van der Waals surface area contributed by atoms with Gasteiger partial charge in [-0.1, -0.05) is 0 Å². The molecule has 6 heteroatoms. The van der Waals surface area contributed by atoms with E-state index in [0.717, 1.165) is 0 Å². The SMILES string of the molecule is FC(F)CNCCCCC(F)(F)F. The Bertz CT molecular complexity index is 123. The van der Waals surface area contributed by atoms with Crippen LogP contribution < -0.4 is 5.32 Å². The van der Waals surface area contributed by atoms with Crippen LogP contribution in [-0.2, 0) is 0 Å². The molecule has 0 aliphatic heterocycles. The van der Waals surface area contributed by atoms with Gasteiger partial charge in [0.2, 0.25) is 0 Å². The van der Waals surface area contributed by atoms with E-state index in [1.54, 1.807) is 0 Å². The van der Waals surface area contributed by atoms with Crippen molar-refractivity contribution in [1.82, 2.24) is 5.32 Å². The molecule has 0 heterocycles. The molecule has 0 aromatic rings. The lowest BCUT2D eigenvalue weighted by molar-refractivity contribution is -0.135. The molecule has 0 amide bonds. The molecule has 0 rings (SSSR count). The van der Waals surface area contributed by atoms with Crippen LogP contribution in [0, 0.1) is 0 Å². The van der Waals surface area contributed by atoms with E-state index in [0.29, 0.717) is 0 Å². The van der Waals surface area contributed by atoms with E-state index in [9.17, 15) is 22.0 Å². The second-order valence-corrected chi connectivity index (χ2v) is 2.67. The molecule has 0 saturated heterocycles. The standard InChI is InChI=1S/C7H12F5N/c8-6(9)5-13-4-2-1-3-7(10,11)12/h6,13H,1-5H2. The average Bonchev–Trinajstić information content (AvgIpc) is 1.93. The zero-order valence-corrected chi connectivity index (χ0v) is 7.00. The van der Waals surface area contributed by atoms with Gasteiger partial charge in [-0.15, -0.1) is 0 Å². The summed E-state index contributed by atoms with van der Waals surface area (Å²) in [6, 6.07) is 0. The Kier molecular flexibility index (Phi) is 5.94. The highest BCUT2D eigenvalue weighted by Crippen LogP contribution is 2.21. The molecular weight excluding hydrogens is 193 g/mol. The van der Waals surface area contributed by atoms with Crippen molar-refractivity contribution in [3.63, 3.8) is 0 Å². The molecule has 80 valence electrons. The second-order valence-electron chi connectivity index (χ2n) is 2.67. The summed E-state index contributed by atoms with van der Waals surface area (Å²) in [6.07, 6.45) is -7.17.